The lowest BCUT2D eigenvalue weighted by Gasteiger charge is -2.39. The van der Waals surface area contributed by atoms with Crippen molar-refractivity contribution in [1.29, 1.82) is 0 Å². The summed E-state index contributed by atoms with van der Waals surface area (Å²) in [6.07, 6.45) is 0.0122. The van der Waals surface area contributed by atoms with E-state index in [1.54, 1.807) is 11.0 Å². The van der Waals surface area contributed by atoms with E-state index in [2.05, 4.69) is 10.6 Å². The van der Waals surface area contributed by atoms with Gasteiger partial charge in [0.2, 0.25) is 6.10 Å². The van der Waals surface area contributed by atoms with Gasteiger partial charge in [0.15, 0.2) is 0 Å². The van der Waals surface area contributed by atoms with Gasteiger partial charge in [-0.05, 0) is 51.3 Å². The lowest BCUT2D eigenvalue weighted by molar-refractivity contribution is -0.128. The van der Waals surface area contributed by atoms with Gasteiger partial charge in [-0.15, -0.1) is 0 Å². The van der Waals surface area contributed by atoms with Crippen molar-refractivity contribution in [3.8, 4) is 11.5 Å². The number of hydrogen-bond donors (Lipinski definition) is 4. The van der Waals surface area contributed by atoms with Gasteiger partial charge < -0.3 is 30.3 Å². The maximum Gasteiger partial charge on any atom is 0.415 e. The van der Waals surface area contributed by atoms with Crippen LogP contribution < -0.4 is 20.3 Å². The first-order valence-electron chi connectivity index (χ1n) is 11.5. The molecule has 180 valence electrons. The summed E-state index contributed by atoms with van der Waals surface area (Å²) in [6.45, 7) is 4.42. The molecule has 0 radical (unpaired) electrons. The molecule has 0 spiro atoms. The van der Waals surface area contributed by atoms with Crippen molar-refractivity contribution >= 4 is 23.4 Å². The number of ether oxygens (including phenoxy) is 2. The van der Waals surface area contributed by atoms with E-state index in [4.69, 9.17) is 9.47 Å². The second-order valence-corrected chi connectivity index (χ2v) is 9.73. The van der Waals surface area contributed by atoms with Crippen LogP contribution >= 0.6 is 0 Å². The highest BCUT2D eigenvalue weighted by Gasteiger charge is 2.45. The van der Waals surface area contributed by atoms with Crippen LogP contribution in [0, 0.1) is 0 Å². The second-order valence-electron chi connectivity index (χ2n) is 9.73. The molecule has 2 unspecified atom stereocenters. The average Bonchev–Trinajstić information content (AvgIpc) is 3.56. The zero-order valence-corrected chi connectivity index (χ0v) is 19.2. The SMILES string of the molecule is CC1(C)OC(=O)N(CCC2(NCC(O)C3Oc4ccc(O)cc4NC3=O)CC2)c2ccccc21. The quantitative estimate of drug-likeness (QED) is 0.494. The first-order valence-corrected chi connectivity index (χ1v) is 11.5. The van der Waals surface area contributed by atoms with E-state index < -0.39 is 23.7 Å². The molecule has 0 bridgehead atoms. The Kier molecular flexibility index (Phi) is 5.41. The number of phenols is 1. The van der Waals surface area contributed by atoms with Crippen molar-refractivity contribution in [2.24, 2.45) is 0 Å². The number of nitrogens with one attached hydrogen (secondary N) is 2. The standard InChI is InChI=1S/C25H29N3O6/c1-24(2)16-5-3-4-6-18(16)28(23(32)34-24)12-11-25(9-10-25)26-14-19(30)21-22(31)27-17-13-15(29)7-8-20(17)33-21/h3-8,13,19,21,26,29-30H,9-12,14H2,1-2H3,(H,27,31). The summed E-state index contributed by atoms with van der Waals surface area (Å²) in [7, 11) is 0. The molecule has 1 aliphatic carbocycles. The maximum atomic E-state index is 12.7. The molecule has 2 aromatic rings. The highest BCUT2D eigenvalue weighted by molar-refractivity contribution is 5.98. The molecule has 1 fully saturated rings. The number of β-amino-alcohol motifs (C(OH)–C–C–N with tert-alkyl or cyclic N) is 1. The van der Waals surface area contributed by atoms with E-state index in [0.29, 0.717) is 24.4 Å². The molecule has 4 N–H and O–H groups in total. The van der Waals surface area contributed by atoms with Crippen molar-refractivity contribution in [2.75, 3.05) is 23.3 Å². The van der Waals surface area contributed by atoms with Gasteiger partial charge in [0.1, 0.15) is 23.2 Å². The fourth-order valence-electron chi connectivity index (χ4n) is 4.64. The number of benzene rings is 2. The number of aromatic hydroxyl groups is 1. The molecule has 2 heterocycles. The third kappa shape index (κ3) is 4.17. The van der Waals surface area contributed by atoms with E-state index in [9.17, 15) is 19.8 Å². The third-order valence-electron chi connectivity index (χ3n) is 6.84. The molecule has 9 nitrogen and oxygen atoms in total. The molecule has 0 aromatic heterocycles. The molecular weight excluding hydrogens is 438 g/mol. The molecule has 9 heteroatoms. The zero-order chi connectivity index (χ0) is 24.1. The van der Waals surface area contributed by atoms with Gasteiger partial charge in [0.05, 0.1) is 11.4 Å². The first-order chi connectivity index (χ1) is 16.2. The minimum absolute atomic E-state index is 0.0164. The summed E-state index contributed by atoms with van der Waals surface area (Å²) in [5, 5.41) is 26.3. The smallest absolute Gasteiger partial charge is 0.415 e. The van der Waals surface area contributed by atoms with Crippen LogP contribution in [0.25, 0.3) is 0 Å². The number of phenolic OH excluding ortho intramolecular Hbond substituents is 1. The summed E-state index contributed by atoms with van der Waals surface area (Å²) < 4.78 is 11.4. The number of para-hydroxylation sites is 1. The predicted molar refractivity (Wildman–Crippen MR) is 125 cm³/mol. The number of hydrogen-bond acceptors (Lipinski definition) is 7. The molecule has 5 rings (SSSR count). The van der Waals surface area contributed by atoms with Gasteiger partial charge in [-0.1, -0.05) is 18.2 Å². The number of aliphatic hydroxyl groups excluding tert-OH is 1. The van der Waals surface area contributed by atoms with E-state index >= 15 is 0 Å². The molecule has 2 atom stereocenters. The number of nitrogens with zero attached hydrogens (tertiary/aromatic N) is 1. The van der Waals surface area contributed by atoms with Crippen molar-refractivity contribution in [3.63, 3.8) is 0 Å². The lowest BCUT2D eigenvalue weighted by atomic mass is 9.94. The number of aliphatic hydroxyl groups is 1. The normalized spacial score (nSPS) is 22.6. The summed E-state index contributed by atoms with van der Waals surface area (Å²) in [6, 6.07) is 12.2. The zero-order valence-electron chi connectivity index (χ0n) is 19.2. The van der Waals surface area contributed by atoms with E-state index in [1.807, 2.05) is 38.1 Å². The van der Waals surface area contributed by atoms with Crippen LogP contribution in [0.3, 0.4) is 0 Å². The predicted octanol–water partition coefficient (Wildman–Crippen LogP) is 2.86. The highest BCUT2D eigenvalue weighted by Crippen LogP contribution is 2.42. The third-order valence-corrected chi connectivity index (χ3v) is 6.84. The number of anilines is 2. The Labute approximate surface area is 197 Å². The number of fused-ring (bicyclic) bond motifs is 2. The Bertz CT molecular complexity index is 1130. The fourth-order valence-corrected chi connectivity index (χ4v) is 4.64. The second kappa shape index (κ2) is 8.18. The van der Waals surface area contributed by atoms with Gasteiger partial charge in [0, 0.05) is 30.3 Å². The van der Waals surface area contributed by atoms with Crippen molar-refractivity contribution in [1.82, 2.24) is 5.32 Å². The molecule has 0 saturated heterocycles. The molecule has 2 aromatic carbocycles. The average molecular weight is 468 g/mol. The number of carbonyl (C=O) groups excluding carboxylic acids is 2. The Morgan fingerprint density at radius 1 is 1.21 bits per heavy atom. The minimum atomic E-state index is -1.07. The van der Waals surface area contributed by atoms with Gasteiger partial charge in [0.25, 0.3) is 5.91 Å². The van der Waals surface area contributed by atoms with Gasteiger partial charge >= 0.3 is 6.09 Å². The minimum Gasteiger partial charge on any atom is -0.508 e. The molecule has 3 aliphatic rings. The number of amides is 2. The number of carbonyl (C=O) groups is 2. The summed E-state index contributed by atoms with van der Waals surface area (Å²) >= 11 is 0. The van der Waals surface area contributed by atoms with Crippen LogP contribution in [0.15, 0.2) is 42.5 Å². The monoisotopic (exact) mass is 467 g/mol. The number of rotatable bonds is 7. The Morgan fingerprint density at radius 2 is 1.97 bits per heavy atom. The Hall–Kier alpha value is -3.30. The Morgan fingerprint density at radius 3 is 2.74 bits per heavy atom. The van der Waals surface area contributed by atoms with E-state index in [1.165, 1.54) is 12.1 Å². The van der Waals surface area contributed by atoms with E-state index in [0.717, 1.165) is 24.1 Å². The highest BCUT2D eigenvalue weighted by atomic mass is 16.6. The van der Waals surface area contributed by atoms with E-state index in [-0.39, 0.29) is 23.9 Å². The molecule has 2 aliphatic heterocycles. The summed E-state index contributed by atoms with van der Waals surface area (Å²) in [5.41, 5.74) is 1.31. The maximum absolute atomic E-state index is 12.7. The summed E-state index contributed by atoms with van der Waals surface area (Å²) in [5.74, 6) is -0.0527. The van der Waals surface area contributed by atoms with Crippen LogP contribution in [0.2, 0.25) is 0 Å². The summed E-state index contributed by atoms with van der Waals surface area (Å²) in [4.78, 5) is 26.8. The topological polar surface area (TPSA) is 120 Å². The van der Waals surface area contributed by atoms with Crippen LogP contribution in [0.5, 0.6) is 11.5 Å². The van der Waals surface area contributed by atoms with Crippen LogP contribution in [-0.2, 0) is 15.1 Å². The number of cyclic esters (lactones) is 1. The van der Waals surface area contributed by atoms with Crippen molar-refractivity contribution in [2.45, 2.75) is 56.5 Å². The van der Waals surface area contributed by atoms with Crippen molar-refractivity contribution in [3.05, 3.63) is 48.0 Å². The lowest BCUT2D eigenvalue weighted by Crippen LogP contribution is -2.51. The first kappa shape index (κ1) is 22.5. The molecule has 2 amide bonds. The van der Waals surface area contributed by atoms with Crippen LogP contribution in [0.1, 0.15) is 38.7 Å². The molecular formula is C25H29N3O6. The van der Waals surface area contributed by atoms with Gasteiger partial charge in [-0.25, -0.2) is 4.79 Å². The van der Waals surface area contributed by atoms with Crippen molar-refractivity contribution < 1.29 is 29.3 Å². The largest absolute Gasteiger partial charge is 0.508 e. The molecule has 1 saturated carbocycles. The van der Waals surface area contributed by atoms with Gasteiger partial charge in [-0.2, -0.15) is 0 Å². The van der Waals surface area contributed by atoms with Crippen LogP contribution in [0.4, 0.5) is 16.2 Å². The molecule has 34 heavy (non-hydrogen) atoms. The fraction of sp³-hybridized carbons (Fsp3) is 0.440. The van der Waals surface area contributed by atoms with Gasteiger partial charge in [-0.3, -0.25) is 9.69 Å². The Balaban J connectivity index is 1.20. The van der Waals surface area contributed by atoms with Crippen LogP contribution in [-0.4, -0.2) is 53.0 Å².